The number of benzene rings is 1. The molecule has 1 fully saturated rings. The zero-order valence-corrected chi connectivity index (χ0v) is 23.4. The summed E-state index contributed by atoms with van der Waals surface area (Å²) in [7, 11) is 0. The molecule has 0 spiro atoms. The molecule has 194 valence electrons. The molecule has 3 heterocycles. The average Bonchev–Trinajstić information content (AvgIpc) is 3.17. The molecule has 1 atom stereocenters. The van der Waals surface area contributed by atoms with E-state index in [4.69, 9.17) is 14.2 Å². The van der Waals surface area contributed by atoms with Gasteiger partial charge in [-0.05, 0) is 73.0 Å². The van der Waals surface area contributed by atoms with Crippen molar-refractivity contribution in [1.82, 2.24) is 14.6 Å². The van der Waals surface area contributed by atoms with Crippen LogP contribution in [0, 0.1) is 11.3 Å². The molecule has 2 aromatic heterocycles. The smallest absolute Gasteiger partial charge is 0.416 e. The topological polar surface area (TPSA) is 78.2 Å². The molecule has 0 bridgehead atoms. The first-order valence-electron chi connectivity index (χ1n) is 12.3. The summed E-state index contributed by atoms with van der Waals surface area (Å²) in [5.74, 6) is 1.76. The molecule has 3 aromatic rings. The maximum atomic E-state index is 14.0. The van der Waals surface area contributed by atoms with Crippen molar-refractivity contribution >= 4 is 33.5 Å². The first-order chi connectivity index (χ1) is 16.9. The molecule has 0 saturated carbocycles. The second kappa shape index (κ2) is 10.4. The predicted octanol–water partition coefficient (Wildman–Crippen LogP) is 6.87. The van der Waals surface area contributed by atoms with Crippen LogP contribution < -0.4 is 9.64 Å². The van der Waals surface area contributed by atoms with Crippen molar-refractivity contribution in [3.63, 3.8) is 0 Å². The van der Waals surface area contributed by atoms with Crippen molar-refractivity contribution in [2.75, 3.05) is 18.1 Å². The Balaban J connectivity index is 1.90. The van der Waals surface area contributed by atoms with Gasteiger partial charge in [-0.1, -0.05) is 39.0 Å². The number of rotatable bonds is 5. The van der Waals surface area contributed by atoms with Crippen molar-refractivity contribution in [2.24, 2.45) is 11.3 Å². The minimum absolute atomic E-state index is 0.186. The van der Waals surface area contributed by atoms with Gasteiger partial charge in [0.1, 0.15) is 17.2 Å². The fourth-order valence-corrected chi connectivity index (χ4v) is 5.08. The third kappa shape index (κ3) is 6.00. The van der Waals surface area contributed by atoms with Gasteiger partial charge in [0, 0.05) is 25.3 Å². The van der Waals surface area contributed by atoms with Gasteiger partial charge in [0.2, 0.25) is 5.88 Å². The Labute approximate surface area is 221 Å². The van der Waals surface area contributed by atoms with E-state index in [0.29, 0.717) is 40.8 Å². The van der Waals surface area contributed by atoms with Gasteiger partial charge in [0.15, 0.2) is 5.65 Å². The Bertz CT molecular complexity index is 1190. The SMILES string of the molecule is CC(C)(C)OC(=O)N(c1cc(Oc2ccccc2)nc2c(Br)cnn12)C(C1CCOCC1)C(C)(C)C. The molecule has 36 heavy (non-hydrogen) atoms. The lowest BCUT2D eigenvalue weighted by Crippen LogP contribution is -2.54. The van der Waals surface area contributed by atoms with Crippen molar-refractivity contribution < 1.29 is 19.0 Å². The fraction of sp³-hybridized carbons (Fsp3) is 0.519. The number of ether oxygens (including phenoxy) is 3. The molecular weight excluding hydrogens is 524 g/mol. The first-order valence-corrected chi connectivity index (χ1v) is 13.1. The molecule has 1 aliphatic rings. The van der Waals surface area contributed by atoms with Crippen molar-refractivity contribution in [2.45, 2.75) is 66.0 Å². The van der Waals surface area contributed by atoms with E-state index in [1.807, 2.05) is 51.1 Å². The van der Waals surface area contributed by atoms with Crippen LogP contribution in [0.4, 0.5) is 10.6 Å². The molecule has 1 amide bonds. The summed E-state index contributed by atoms with van der Waals surface area (Å²) < 4.78 is 20.1. The van der Waals surface area contributed by atoms with Crippen molar-refractivity contribution in [3.8, 4) is 11.6 Å². The Hall–Kier alpha value is -2.65. The van der Waals surface area contributed by atoms with E-state index in [9.17, 15) is 4.79 Å². The lowest BCUT2D eigenvalue weighted by molar-refractivity contribution is 0.0291. The number of para-hydroxylation sites is 1. The monoisotopic (exact) mass is 558 g/mol. The molecule has 1 unspecified atom stereocenters. The maximum absolute atomic E-state index is 14.0. The highest BCUT2D eigenvalue weighted by Gasteiger charge is 2.43. The van der Waals surface area contributed by atoms with Crippen LogP contribution in [0.2, 0.25) is 0 Å². The quantitative estimate of drug-likeness (QED) is 0.340. The summed E-state index contributed by atoms with van der Waals surface area (Å²) in [4.78, 5) is 20.4. The summed E-state index contributed by atoms with van der Waals surface area (Å²) >= 11 is 3.56. The van der Waals surface area contributed by atoms with E-state index >= 15 is 0 Å². The van der Waals surface area contributed by atoms with E-state index in [1.165, 1.54) is 0 Å². The third-order valence-corrected chi connectivity index (χ3v) is 6.63. The fourth-order valence-electron chi connectivity index (χ4n) is 4.73. The van der Waals surface area contributed by atoms with Gasteiger partial charge < -0.3 is 14.2 Å². The number of nitrogens with zero attached hydrogens (tertiary/aromatic N) is 4. The Morgan fingerprint density at radius 1 is 1.14 bits per heavy atom. The predicted molar refractivity (Wildman–Crippen MR) is 143 cm³/mol. The van der Waals surface area contributed by atoms with Crippen LogP contribution in [0.5, 0.6) is 11.6 Å². The minimum atomic E-state index is -0.673. The number of hydrogen-bond donors (Lipinski definition) is 0. The molecule has 0 radical (unpaired) electrons. The number of fused-ring (bicyclic) bond motifs is 1. The zero-order valence-electron chi connectivity index (χ0n) is 21.8. The number of aromatic nitrogens is 3. The van der Waals surface area contributed by atoms with Crippen LogP contribution in [0.25, 0.3) is 5.65 Å². The Morgan fingerprint density at radius 2 is 1.81 bits per heavy atom. The molecule has 0 N–H and O–H groups in total. The summed E-state index contributed by atoms with van der Waals surface area (Å²) in [6, 6.07) is 11.0. The lowest BCUT2D eigenvalue weighted by Gasteiger charge is -2.45. The van der Waals surface area contributed by atoms with Crippen LogP contribution in [-0.2, 0) is 9.47 Å². The molecule has 9 heteroatoms. The Kier molecular flexibility index (Phi) is 7.61. The van der Waals surface area contributed by atoms with Crippen LogP contribution in [0.3, 0.4) is 0 Å². The van der Waals surface area contributed by atoms with Crippen LogP contribution in [-0.4, -0.2) is 45.5 Å². The van der Waals surface area contributed by atoms with Gasteiger partial charge in [-0.25, -0.2) is 4.79 Å². The zero-order chi connectivity index (χ0) is 26.1. The molecule has 0 aliphatic carbocycles. The van der Waals surface area contributed by atoms with E-state index in [2.05, 4.69) is 46.8 Å². The summed E-state index contributed by atoms with van der Waals surface area (Å²) in [6.45, 7) is 13.4. The van der Waals surface area contributed by atoms with Crippen LogP contribution >= 0.6 is 15.9 Å². The van der Waals surface area contributed by atoms with E-state index in [1.54, 1.807) is 21.7 Å². The highest BCUT2D eigenvalue weighted by atomic mass is 79.9. The van der Waals surface area contributed by atoms with Gasteiger partial charge in [-0.2, -0.15) is 14.6 Å². The van der Waals surface area contributed by atoms with Crippen LogP contribution in [0.15, 0.2) is 47.1 Å². The lowest BCUT2D eigenvalue weighted by atomic mass is 9.75. The van der Waals surface area contributed by atoms with Crippen molar-refractivity contribution in [1.29, 1.82) is 0 Å². The summed E-state index contributed by atoms with van der Waals surface area (Å²) in [6.07, 6.45) is 2.95. The molecular formula is C27H35BrN4O4. The largest absolute Gasteiger partial charge is 0.443 e. The highest BCUT2D eigenvalue weighted by Crippen LogP contribution is 2.40. The second-order valence-corrected chi connectivity index (χ2v) is 12.1. The first kappa shape index (κ1) is 26.4. The van der Waals surface area contributed by atoms with Crippen molar-refractivity contribution in [3.05, 3.63) is 47.1 Å². The number of halogens is 1. The third-order valence-electron chi connectivity index (χ3n) is 6.07. The molecule has 8 nitrogen and oxygen atoms in total. The van der Waals surface area contributed by atoms with Gasteiger partial charge in [0.05, 0.1) is 10.7 Å². The molecule has 4 rings (SSSR count). The second-order valence-electron chi connectivity index (χ2n) is 11.2. The number of hydrogen-bond acceptors (Lipinski definition) is 6. The number of carbonyl (C=O) groups is 1. The minimum Gasteiger partial charge on any atom is -0.443 e. The highest BCUT2D eigenvalue weighted by molar-refractivity contribution is 9.10. The molecule has 1 saturated heterocycles. The number of anilines is 1. The summed E-state index contributed by atoms with van der Waals surface area (Å²) in [5.41, 5.74) is -0.390. The number of carbonyl (C=O) groups excluding carboxylic acids is 1. The normalized spacial score (nSPS) is 16.1. The van der Waals surface area contributed by atoms with E-state index in [0.717, 1.165) is 12.8 Å². The Morgan fingerprint density at radius 3 is 2.42 bits per heavy atom. The van der Waals surface area contributed by atoms with Gasteiger partial charge in [-0.15, -0.1) is 0 Å². The molecule has 1 aromatic carbocycles. The summed E-state index contributed by atoms with van der Waals surface area (Å²) in [5, 5.41) is 4.55. The molecule has 1 aliphatic heterocycles. The van der Waals surface area contributed by atoms with Gasteiger partial charge >= 0.3 is 6.09 Å². The maximum Gasteiger partial charge on any atom is 0.416 e. The van der Waals surface area contributed by atoms with Gasteiger partial charge in [-0.3, -0.25) is 4.90 Å². The van der Waals surface area contributed by atoms with E-state index in [-0.39, 0.29) is 17.4 Å². The van der Waals surface area contributed by atoms with E-state index < -0.39 is 11.7 Å². The number of amides is 1. The standard InChI is InChI=1S/C27H35BrN4O4/c1-26(2,3)23(18-12-14-34-15-13-18)31(25(33)36-27(4,5)6)22-16-21(35-19-10-8-7-9-11-19)30-24-20(28)17-29-32(22)24/h7-11,16-18,23H,12-15H2,1-6H3. The van der Waals surface area contributed by atoms with Crippen LogP contribution in [0.1, 0.15) is 54.4 Å². The average molecular weight is 560 g/mol. The van der Waals surface area contributed by atoms with Gasteiger partial charge in [0.25, 0.3) is 0 Å².